The molecule has 1 amide bonds. The number of aromatic nitrogens is 3. The molecule has 0 aliphatic rings. The van der Waals surface area contributed by atoms with Crippen LogP contribution >= 0.6 is 15.9 Å². The zero-order chi connectivity index (χ0) is 18.8. The minimum absolute atomic E-state index is 0.444. The molecule has 0 saturated heterocycles. The molecule has 27 heavy (non-hydrogen) atoms. The summed E-state index contributed by atoms with van der Waals surface area (Å²) in [6.07, 6.45) is 5.49. The van der Waals surface area contributed by atoms with E-state index in [0.717, 1.165) is 32.4 Å². The van der Waals surface area contributed by atoms with Crippen molar-refractivity contribution in [1.82, 2.24) is 14.5 Å². The number of carbonyl (C=O) groups is 1. The number of fused-ring (bicyclic) bond motifs is 1. The average molecular weight is 425 g/mol. The number of H-pyrrole nitrogens is 1. The van der Waals surface area contributed by atoms with Gasteiger partial charge in [-0.25, -0.2) is 4.98 Å². The van der Waals surface area contributed by atoms with Crippen LogP contribution in [0.1, 0.15) is 10.4 Å². The fourth-order valence-corrected chi connectivity index (χ4v) is 3.27. The van der Waals surface area contributed by atoms with Crippen LogP contribution in [-0.2, 0) is 6.54 Å². The van der Waals surface area contributed by atoms with Gasteiger partial charge in [0.15, 0.2) is 0 Å². The molecule has 6 nitrogen and oxygen atoms in total. The Morgan fingerprint density at radius 3 is 2.81 bits per heavy atom. The number of nitrogens with two attached hydrogens (primary N) is 1. The van der Waals surface area contributed by atoms with Gasteiger partial charge in [0.05, 0.1) is 24.8 Å². The van der Waals surface area contributed by atoms with E-state index in [0.29, 0.717) is 18.7 Å². The van der Waals surface area contributed by atoms with Gasteiger partial charge in [0.2, 0.25) is 5.91 Å². The number of nitrogens with zero attached hydrogens (tertiary/aromatic N) is 2. The van der Waals surface area contributed by atoms with Crippen molar-refractivity contribution in [2.75, 3.05) is 6.61 Å². The number of hydrogen-bond acceptors (Lipinski definition) is 3. The molecule has 0 bridgehead atoms. The predicted octanol–water partition coefficient (Wildman–Crippen LogP) is 3.97. The molecule has 2 aromatic carbocycles. The normalized spacial score (nSPS) is 11.0. The predicted molar refractivity (Wildman–Crippen MR) is 108 cm³/mol. The lowest BCUT2D eigenvalue weighted by Gasteiger charge is -2.10. The Bertz CT molecular complexity index is 1100. The van der Waals surface area contributed by atoms with E-state index in [2.05, 4.69) is 25.9 Å². The van der Waals surface area contributed by atoms with Crippen LogP contribution in [0.25, 0.3) is 22.2 Å². The smallest absolute Gasteiger partial charge is 0.248 e. The molecule has 0 saturated carbocycles. The van der Waals surface area contributed by atoms with E-state index in [1.54, 1.807) is 24.7 Å². The van der Waals surface area contributed by atoms with Crippen LogP contribution < -0.4 is 10.5 Å². The van der Waals surface area contributed by atoms with Crippen LogP contribution in [0, 0.1) is 0 Å². The third kappa shape index (κ3) is 3.59. The lowest BCUT2D eigenvalue weighted by molar-refractivity contribution is 0.100. The Balaban J connectivity index is 1.56. The molecule has 3 N–H and O–H groups in total. The topological polar surface area (TPSA) is 85.9 Å². The van der Waals surface area contributed by atoms with Crippen LogP contribution in [0.15, 0.2) is 65.7 Å². The quantitative estimate of drug-likeness (QED) is 0.490. The van der Waals surface area contributed by atoms with Crippen molar-refractivity contribution in [3.8, 4) is 17.0 Å². The van der Waals surface area contributed by atoms with E-state index in [-0.39, 0.29) is 0 Å². The fourth-order valence-electron chi connectivity index (χ4n) is 3.00. The van der Waals surface area contributed by atoms with Crippen molar-refractivity contribution in [2.45, 2.75) is 6.54 Å². The minimum Gasteiger partial charge on any atom is -0.492 e. The minimum atomic E-state index is -0.444. The number of imidazole rings is 1. The van der Waals surface area contributed by atoms with Gasteiger partial charge in [0.1, 0.15) is 12.4 Å². The molecule has 0 aliphatic carbocycles. The first-order valence-electron chi connectivity index (χ1n) is 8.41. The van der Waals surface area contributed by atoms with Gasteiger partial charge < -0.3 is 20.0 Å². The van der Waals surface area contributed by atoms with E-state index >= 15 is 0 Å². The highest BCUT2D eigenvalue weighted by Crippen LogP contribution is 2.29. The average Bonchev–Trinajstić information content (AvgIpc) is 3.29. The summed E-state index contributed by atoms with van der Waals surface area (Å²) in [6, 6.07) is 13.1. The number of aromatic amines is 1. The molecule has 0 fully saturated rings. The first kappa shape index (κ1) is 17.4. The highest BCUT2D eigenvalue weighted by atomic mass is 79.9. The Morgan fingerprint density at radius 1 is 1.22 bits per heavy atom. The van der Waals surface area contributed by atoms with Crippen molar-refractivity contribution in [2.24, 2.45) is 5.73 Å². The summed E-state index contributed by atoms with van der Waals surface area (Å²) < 4.78 is 8.85. The fraction of sp³-hybridized carbons (Fsp3) is 0.100. The maximum absolute atomic E-state index is 11.5. The van der Waals surface area contributed by atoms with Crippen molar-refractivity contribution in [3.63, 3.8) is 0 Å². The van der Waals surface area contributed by atoms with E-state index in [4.69, 9.17) is 10.5 Å². The molecule has 2 heterocycles. The number of hydrogen-bond donors (Lipinski definition) is 2. The lowest BCUT2D eigenvalue weighted by Crippen LogP contribution is -2.10. The van der Waals surface area contributed by atoms with E-state index < -0.39 is 5.91 Å². The summed E-state index contributed by atoms with van der Waals surface area (Å²) in [4.78, 5) is 19.0. The molecule has 0 atom stereocenters. The number of rotatable bonds is 6. The number of amides is 1. The molecule has 0 unspecified atom stereocenters. The second kappa shape index (κ2) is 7.28. The summed E-state index contributed by atoms with van der Waals surface area (Å²) in [7, 11) is 0. The Labute approximate surface area is 164 Å². The van der Waals surface area contributed by atoms with Gasteiger partial charge in [0, 0.05) is 32.7 Å². The summed E-state index contributed by atoms with van der Waals surface area (Å²) >= 11 is 3.41. The molecule has 136 valence electrons. The Hall–Kier alpha value is -3.06. The molecule has 2 aromatic heterocycles. The second-order valence-corrected chi connectivity index (χ2v) is 7.02. The highest BCUT2D eigenvalue weighted by molar-refractivity contribution is 9.10. The van der Waals surface area contributed by atoms with Crippen molar-refractivity contribution < 1.29 is 9.53 Å². The van der Waals surface area contributed by atoms with E-state index in [9.17, 15) is 4.79 Å². The number of carbonyl (C=O) groups excluding carboxylic acids is 1. The van der Waals surface area contributed by atoms with Crippen molar-refractivity contribution in [1.29, 1.82) is 0 Å². The maximum atomic E-state index is 11.5. The van der Waals surface area contributed by atoms with Crippen LogP contribution in [0.2, 0.25) is 0 Å². The molecular formula is C20H17BrN4O2. The number of ether oxygens (including phenoxy) is 1. The largest absolute Gasteiger partial charge is 0.492 e. The van der Waals surface area contributed by atoms with Gasteiger partial charge in [-0.1, -0.05) is 15.9 Å². The lowest BCUT2D eigenvalue weighted by atomic mass is 10.1. The third-order valence-electron chi connectivity index (χ3n) is 4.37. The Kier molecular flexibility index (Phi) is 4.68. The first-order chi connectivity index (χ1) is 13.1. The summed E-state index contributed by atoms with van der Waals surface area (Å²) in [5.74, 6) is 0.374. The molecule has 0 radical (unpaired) electrons. The molecule has 4 aromatic rings. The van der Waals surface area contributed by atoms with Crippen LogP contribution in [0.3, 0.4) is 0 Å². The van der Waals surface area contributed by atoms with Gasteiger partial charge in [-0.15, -0.1) is 0 Å². The molecule has 4 rings (SSSR count). The number of benzene rings is 2. The van der Waals surface area contributed by atoms with Gasteiger partial charge in [-0.2, -0.15) is 0 Å². The maximum Gasteiger partial charge on any atom is 0.248 e. The van der Waals surface area contributed by atoms with E-state index in [1.807, 2.05) is 41.1 Å². The number of nitrogens with one attached hydrogen (secondary N) is 1. The SMILES string of the molecule is NC(=O)c1ccc2[nH]cc(-c3cncn3CCOc3ccc(Br)cc3)c2c1. The van der Waals surface area contributed by atoms with Gasteiger partial charge in [0.25, 0.3) is 0 Å². The zero-order valence-electron chi connectivity index (χ0n) is 14.4. The highest BCUT2D eigenvalue weighted by Gasteiger charge is 2.12. The summed E-state index contributed by atoms with van der Waals surface area (Å²) in [6.45, 7) is 1.16. The second-order valence-electron chi connectivity index (χ2n) is 6.10. The van der Waals surface area contributed by atoms with Crippen molar-refractivity contribution >= 4 is 32.7 Å². The molecule has 0 spiro atoms. The molecule has 0 aliphatic heterocycles. The molecule has 7 heteroatoms. The van der Waals surface area contributed by atoms with Gasteiger partial charge in [-0.3, -0.25) is 4.79 Å². The summed E-state index contributed by atoms with van der Waals surface area (Å²) in [5.41, 5.74) is 8.75. The van der Waals surface area contributed by atoms with Crippen LogP contribution in [0.4, 0.5) is 0 Å². The zero-order valence-corrected chi connectivity index (χ0v) is 15.9. The molecular weight excluding hydrogens is 408 g/mol. The Morgan fingerprint density at radius 2 is 2.04 bits per heavy atom. The monoisotopic (exact) mass is 424 g/mol. The first-order valence-corrected chi connectivity index (χ1v) is 9.21. The number of primary amides is 1. The van der Waals surface area contributed by atoms with Crippen LogP contribution in [0.5, 0.6) is 5.75 Å². The van der Waals surface area contributed by atoms with Crippen molar-refractivity contribution in [3.05, 3.63) is 71.2 Å². The summed E-state index contributed by atoms with van der Waals surface area (Å²) in [5, 5.41) is 0.932. The third-order valence-corrected chi connectivity index (χ3v) is 4.90. The van der Waals surface area contributed by atoms with E-state index in [1.165, 1.54) is 0 Å². The number of halogens is 1. The van der Waals surface area contributed by atoms with Gasteiger partial charge >= 0.3 is 0 Å². The standard InChI is InChI=1S/C20H17BrN4O2/c21-14-2-4-15(5-3-14)27-8-7-25-12-23-11-19(25)17-10-24-18-6-1-13(20(22)26)9-16(17)18/h1-6,9-12,24H,7-8H2,(H2,22,26). The van der Waals surface area contributed by atoms with Gasteiger partial charge in [-0.05, 0) is 42.5 Å². The van der Waals surface area contributed by atoms with Crippen LogP contribution in [-0.4, -0.2) is 27.0 Å².